The number of aromatic hydroxyl groups is 2. The van der Waals surface area contributed by atoms with Gasteiger partial charge >= 0.3 is 0 Å². The van der Waals surface area contributed by atoms with Gasteiger partial charge in [-0.05, 0) is 73.9 Å². The monoisotopic (exact) mass is 1220 g/mol. The first-order chi connectivity index (χ1) is 40.0. The number of rotatable bonds is 36. The first-order valence-electron chi connectivity index (χ1n) is 28.2. The van der Waals surface area contributed by atoms with E-state index in [0.29, 0.717) is 62.7 Å². The average Bonchev–Trinajstić information content (AvgIpc) is 3.48. The van der Waals surface area contributed by atoms with E-state index in [1.807, 2.05) is 0 Å². The van der Waals surface area contributed by atoms with E-state index in [1.165, 1.54) is 24.3 Å². The number of hydrogen-bond acceptors (Lipinski definition) is 20. The van der Waals surface area contributed by atoms with Gasteiger partial charge in [0.15, 0.2) is 11.6 Å². The number of thiol groups is 2. The molecule has 22 N–H and O–H groups in total. The molecule has 30 heteroatoms. The van der Waals surface area contributed by atoms with E-state index in [1.54, 1.807) is 24.3 Å². The van der Waals surface area contributed by atoms with Gasteiger partial charge in [-0.25, -0.2) is 0 Å². The van der Waals surface area contributed by atoms with Crippen LogP contribution in [-0.2, 0) is 60.8 Å². The highest BCUT2D eigenvalue weighted by atomic mass is 32.1. The summed E-state index contributed by atoms with van der Waals surface area (Å²) >= 11 is 8.03. The number of amides is 10. The lowest BCUT2D eigenvalue weighted by Crippen LogP contribution is -2.74. The van der Waals surface area contributed by atoms with Crippen molar-refractivity contribution in [3.63, 3.8) is 0 Å². The smallest absolute Gasteiger partial charge is 0.242 e. The summed E-state index contributed by atoms with van der Waals surface area (Å²) in [6, 6.07) is 8.75. The molecule has 1 heterocycles. The maximum Gasteiger partial charge on any atom is 0.242 e. The molecule has 1 aliphatic rings. The number of unbranched alkanes of at least 4 members (excludes halogenated alkanes) is 4. The zero-order valence-corrected chi connectivity index (χ0v) is 49.3. The van der Waals surface area contributed by atoms with Crippen molar-refractivity contribution in [2.45, 2.75) is 138 Å². The largest absolute Gasteiger partial charge is 0.508 e. The van der Waals surface area contributed by atoms with Gasteiger partial charge in [0.1, 0.15) is 35.7 Å². The number of carbonyl (C=O) groups is 10. The minimum Gasteiger partial charge on any atom is -0.508 e. The summed E-state index contributed by atoms with van der Waals surface area (Å²) in [7, 11) is 0. The maximum absolute atomic E-state index is 13.3. The first-order valence-corrected chi connectivity index (χ1v) is 29.5. The minimum atomic E-state index is -1.45. The molecule has 84 heavy (non-hydrogen) atoms. The third-order valence-corrected chi connectivity index (χ3v) is 13.9. The molecular formula is C54H88N16O12S2. The van der Waals surface area contributed by atoms with E-state index in [0.717, 1.165) is 0 Å². The summed E-state index contributed by atoms with van der Waals surface area (Å²) in [5.74, 6) is -7.42. The van der Waals surface area contributed by atoms with E-state index < -0.39 is 83.0 Å². The number of carbonyl (C=O) groups excluding carboxylic acids is 10. The molecule has 1 saturated heterocycles. The van der Waals surface area contributed by atoms with Crippen LogP contribution in [-0.4, -0.2) is 169 Å². The Hall–Kier alpha value is -6.80. The lowest BCUT2D eigenvalue weighted by atomic mass is 10.0. The van der Waals surface area contributed by atoms with Crippen LogP contribution in [0.2, 0.25) is 0 Å². The van der Waals surface area contributed by atoms with E-state index in [-0.39, 0.29) is 138 Å². The van der Waals surface area contributed by atoms with Gasteiger partial charge < -0.3 is 74.8 Å². The van der Waals surface area contributed by atoms with Crippen molar-refractivity contribution in [2.24, 2.45) is 22.9 Å². The Morgan fingerprint density at radius 1 is 0.452 bits per heavy atom. The van der Waals surface area contributed by atoms with Crippen LogP contribution in [0.4, 0.5) is 0 Å². The topological polar surface area (TPSA) is 460 Å². The Balaban J connectivity index is 1.44. The van der Waals surface area contributed by atoms with Crippen molar-refractivity contribution in [1.29, 1.82) is 0 Å². The quantitative estimate of drug-likeness (QED) is 0.0177. The number of nitrogens with one attached hydrogen (secondary N) is 12. The standard InChI is InChI=1S/C54H88N16O12S2/c55-49(79)41(31-83)67-43(73)9-3-1-5-23-61-51(81)39(29-35-15-19-37(71)20-16-35)65-45(75)11-7-13-47(77)69-53(57)33-59-25-26-60-34-54(58,64-28-27-63-53)70-48(78)14-8-12-46(76)66-40(30-36-17-21-38(72)22-18-36)52(82)62-24-6-2-4-10-44(74)68-42(32-84)50(56)80/h15-22,39-42,59-60,63-64,71-72,83-84H,1-14,23-34,57-58H2,(H2,55,79)(H2,56,80)(H,61,81)(H,62,82)(H,65,75)(H,66,76)(H,67,73)(H,68,74)(H,69,77)(H,70,78)/t39-,40-,41-,42-,53-,54+/m0/s1. The number of nitrogens with two attached hydrogens (primary N) is 4. The molecular weight excluding hydrogens is 1130 g/mol. The molecule has 0 bridgehead atoms. The zero-order chi connectivity index (χ0) is 61.9. The molecule has 0 radical (unpaired) electrons. The van der Waals surface area contributed by atoms with Crippen molar-refractivity contribution < 1.29 is 58.2 Å². The van der Waals surface area contributed by atoms with Crippen molar-refractivity contribution in [3.05, 3.63) is 59.7 Å². The highest BCUT2D eigenvalue weighted by Crippen LogP contribution is 2.14. The van der Waals surface area contributed by atoms with Crippen LogP contribution in [0.25, 0.3) is 0 Å². The fourth-order valence-electron chi connectivity index (χ4n) is 8.54. The molecule has 0 saturated carbocycles. The Labute approximate surface area is 500 Å². The summed E-state index contributed by atoms with van der Waals surface area (Å²) in [6.07, 6.45) is 3.70. The van der Waals surface area contributed by atoms with Crippen LogP contribution in [0.1, 0.15) is 101 Å². The van der Waals surface area contributed by atoms with Crippen LogP contribution < -0.4 is 86.7 Å². The minimum absolute atomic E-state index is 0.0369. The first kappa shape index (κ1) is 71.5. The molecule has 1 aliphatic heterocycles. The van der Waals surface area contributed by atoms with E-state index in [4.69, 9.17) is 22.9 Å². The second kappa shape index (κ2) is 38.9. The van der Waals surface area contributed by atoms with Crippen LogP contribution in [0.3, 0.4) is 0 Å². The molecule has 6 atom stereocenters. The fourth-order valence-corrected chi connectivity index (χ4v) is 9.08. The molecule has 0 spiro atoms. The van der Waals surface area contributed by atoms with Gasteiger partial charge in [0.25, 0.3) is 0 Å². The summed E-state index contributed by atoms with van der Waals surface area (Å²) in [5.41, 5.74) is 25.1. The SMILES string of the molecule is NC(=O)[C@H](CS)NC(=O)CCCCCNC(=O)[C@H](Cc1ccc(O)cc1)NC(=O)CCCC(=O)N[C@@]1(N)CNCCNC[C@@](N)(NC(=O)CCCC(=O)N[C@@H](Cc2ccc(O)cc2)C(=O)NCCCCCC(=O)N[C@@H](CS)C(N)=O)NCCN1. The molecule has 0 aliphatic carbocycles. The Morgan fingerprint density at radius 3 is 1.11 bits per heavy atom. The molecule has 0 unspecified atom stereocenters. The average molecular weight is 1220 g/mol. The lowest BCUT2D eigenvalue weighted by Gasteiger charge is -2.36. The van der Waals surface area contributed by atoms with Gasteiger partial charge in [-0.3, -0.25) is 70.0 Å². The highest BCUT2D eigenvalue weighted by molar-refractivity contribution is 7.80. The molecule has 2 aromatic carbocycles. The van der Waals surface area contributed by atoms with Crippen molar-refractivity contribution in [1.82, 2.24) is 63.8 Å². The predicted octanol–water partition coefficient (Wildman–Crippen LogP) is -3.82. The van der Waals surface area contributed by atoms with Crippen LogP contribution in [0, 0.1) is 0 Å². The number of phenolic OH excluding ortho intramolecular Hbond substituents is 2. The van der Waals surface area contributed by atoms with E-state index in [9.17, 15) is 58.2 Å². The van der Waals surface area contributed by atoms with Gasteiger partial charge in [0, 0.05) is 115 Å². The Morgan fingerprint density at radius 2 is 0.774 bits per heavy atom. The second-order valence-corrected chi connectivity index (χ2v) is 21.3. The number of primary amides is 2. The third kappa shape index (κ3) is 30.1. The van der Waals surface area contributed by atoms with Gasteiger partial charge in [-0.1, -0.05) is 37.1 Å². The lowest BCUT2D eigenvalue weighted by molar-refractivity contribution is -0.129. The van der Waals surface area contributed by atoms with Crippen molar-refractivity contribution in [2.75, 3.05) is 63.9 Å². The summed E-state index contributed by atoms with van der Waals surface area (Å²) in [5, 5.41) is 53.9. The van der Waals surface area contributed by atoms with Gasteiger partial charge in [0.2, 0.25) is 59.1 Å². The van der Waals surface area contributed by atoms with Crippen molar-refractivity contribution >= 4 is 84.3 Å². The molecule has 2 aromatic rings. The number of phenols is 2. The number of hydrogen-bond donors (Lipinski definition) is 20. The molecule has 0 aromatic heterocycles. The molecule has 10 amide bonds. The van der Waals surface area contributed by atoms with Gasteiger partial charge in [-0.2, -0.15) is 25.3 Å². The normalized spacial score (nSPS) is 17.9. The maximum atomic E-state index is 13.3. The highest BCUT2D eigenvalue weighted by Gasteiger charge is 2.31. The summed E-state index contributed by atoms with van der Waals surface area (Å²) < 4.78 is 0. The van der Waals surface area contributed by atoms with E-state index >= 15 is 0 Å². The van der Waals surface area contributed by atoms with E-state index in [2.05, 4.69) is 89.1 Å². The van der Waals surface area contributed by atoms with Crippen LogP contribution in [0.15, 0.2) is 48.5 Å². The Bertz CT molecular complexity index is 2280. The van der Waals surface area contributed by atoms with Crippen molar-refractivity contribution in [3.8, 4) is 11.5 Å². The third-order valence-electron chi connectivity index (χ3n) is 13.2. The summed E-state index contributed by atoms with van der Waals surface area (Å²) in [4.78, 5) is 127. The number of benzene rings is 2. The second-order valence-electron chi connectivity index (χ2n) is 20.5. The predicted molar refractivity (Wildman–Crippen MR) is 320 cm³/mol. The summed E-state index contributed by atoms with van der Waals surface area (Å²) in [6.45, 7) is 1.86. The molecule has 1 fully saturated rings. The Kier molecular flexibility index (Phi) is 33.1. The van der Waals surface area contributed by atoms with Gasteiger partial charge in [0.05, 0.1) is 0 Å². The molecule has 3 rings (SSSR count). The van der Waals surface area contributed by atoms with Crippen LogP contribution in [0.5, 0.6) is 11.5 Å². The fraction of sp³-hybridized carbons (Fsp3) is 0.593. The zero-order valence-electron chi connectivity index (χ0n) is 47.5. The molecule has 28 nitrogen and oxygen atoms in total. The molecule has 468 valence electrons. The van der Waals surface area contributed by atoms with Gasteiger partial charge in [-0.15, -0.1) is 0 Å². The van der Waals surface area contributed by atoms with Crippen LogP contribution >= 0.6 is 25.3 Å².